The number of hydrogen-bond acceptors (Lipinski definition) is 4. The summed E-state index contributed by atoms with van der Waals surface area (Å²) in [5.41, 5.74) is 0.893. The molecule has 0 saturated carbocycles. The Bertz CT molecular complexity index is 428. The van der Waals surface area contributed by atoms with Gasteiger partial charge in [-0.05, 0) is 31.5 Å². The molecule has 1 aromatic rings. The van der Waals surface area contributed by atoms with Crippen LogP contribution in [0.15, 0.2) is 17.1 Å². The number of rotatable bonds is 6. The number of phenolic OH excluding ortho intramolecular Hbond substituents is 1. The molecule has 0 aromatic heterocycles. The fraction of sp³-hybridized carbons (Fsp3) is 0.500. The third-order valence-corrected chi connectivity index (χ3v) is 2.65. The van der Waals surface area contributed by atoms with Crippen molar-refractivity contribution in [3.8, 4) is 17.2 Å². The van der Waals surface area contributed by atoms with Crippen LogP contribution in [0.25, 0.3) is 0 Å². The van der Waals surface area contributed by atoms with Gasteiger partial charge in [0.1, 0.15) is 0 Å². The molecule has 1 rings (SSSR count). The largest absolute Gasteiger partial charge is 0.502 e. The Balaban J connectivity index is 2.93. The highest BCUT2D eigenvalue weighted by atomic mass is 16.5. The second kappa shape index (κ2) is 8.14. The molecule has 6 heteroatoms. The summed E-state index contributed by atoms with van der Waals surface area (Å²) in [4.78, 5) is 4.46. The van der Waals surface area contributed by atoms with Gasteiger partial charge in [-0.25, -0.2) is 4.99 Å². The Morgan fingerprint density at radius 1 is 1.10 bits per heavy atom. The molecule has 3 N–H and O–H groups in total. The fourth-order valence-corrected chi connectivity index (χ4v) is 1.72. The summed E-state index contributed by atoms with van der Waals surface area (Å²) in [7, 11) is 3.01. The molecule has 0 amide bonds. The van der Waals surface area contributed by atoms with E-state index in [1.807, 2.05) is 13.8 Å². The van der Waals surface area contributed by atoms with Crippen LogP contribution in [-0.2, 0) is 6.54 Å². The van der Waals surface area contributed by atoms with E-state index in [0.29, 0.717) is 18.0 Å². The average molecular weight is 281 g/mol. The molecule has 0 unspecified atom stereocenters. The maximum Gasteiger partial charge on any atom is 0.200 e. The number of guanidine groups is 1. The van der Waals surface area contributed by atoms with E-state index in [-0.39, 0.29) is 5.75 Å². The number of phenols is 1. The lowest BCUT2D eigenvalue weighted by molar-refractivity contribution is 0.339. The zero-order valence-corrected chi connectivity index (χ0v) is 12.5. The van der Waals surface area contributed by atoms with Gasteiger partial charge in [0.15, 0.2) is 17.5 Å². The van der Waals surface area contributed by atoms with Crippen molar-refractivity contribution in [2.75, 3.05) is 27.3 Å². The van der Waals surface area contributed by atoms with Gasteiger partial charge in [0.05, 0.1) is 20.8 Å². The van der Waals surface area contributed by atoms with Crippen molar-refractivity contribution in [3.63, 3.8) is 0 Å². The predicted molar refractivity (Wildman–Crippen MR) is 79.7 cm³/mol. The molecule has 0 radical (unpaired) electrons. The summed E-state index contributed by atoms with van der Waals surface area (Å²) in [6, 6.07) is 3.49. The molecule has 6 nitrogen and oxygen atoms in total. The quantitative estimate of drug-likeness (QED) is 0.544. The van der Waals surface area contributed by atoms with Crippen molar-refractivity contribution in [1.82, 2.24) is 10.6 Å². The summed E-state index contributed by atoms with van der Waals surface area (Å²) >= 11 is 0. The molecule has 0 spiro atoms. The molecule has 0 aliphatic carbocycles. The predicted octanol–water partition coefficient (Wildman–Crippen LogP) is 1.48. The molecule has 0 bridgehead atoms. The second-order valence-corrected chi connectivity index (χ2v) is 4.07. The number of aliphatic imine (C=N–C) groups is 1. The van der Waals surface area contributed by atoms with Crippen molar-refractivity contribution < 1.29 is 14.6 Å². The highest BCUT2D eigenvalue weighted by Gasteiger charge is 2.11. The van der Waals surface area contributed by atoms with Crippen molar-refractivity contribution in [2.45, 2.75) is 20.4 Å². The van der Waals surface area contributed by atoms with Crippen LogP contribution in [0.2, 0.25) is 0 Å². The SMILES string of the molecule is CCNC(=NCc1cc(OC)c(O)c(OC)c1)NCC. The van der Waals surface area contributed by atoms with Crippen LogP contribution in [-0.4, -0.2) is 38.4 Å². The first-order valence-corrected chi connectivity index (χ1v) is 6.62. The van der Waals surface area contributed by atoms with Gasteiger partial charge in [-0.1, -0.05) is 0 Å². The van der Waals surface area contributed by atoms with Crippen molar-refractivity contribution in [2.24, 2.45) is 4.99 Å². The summed E-state index contributed by atoms with van der Waals surface area (Å²) in [6.45, 7) is 6.09. The summed E-state index contributed by atoms with van der Waals surface area (Å²) in [5, 5.41) is 16.1. The molecule has 0 fully saturated rings. The van der Waals surface area contributed by atoms with Crippen LogP contribution in [0, 0.1) is 0 Å². The van der Waals surface area contributed by atoms with E-state index < -0.39 is 0 Å². The van der Waals surface area contributed by atoms with Gasteiger partial charge < -0.3 is 25.2 Å². The van der Waals surface area contributed by atoms with Gasteiger partial charge in [-0.2, -0.15) is 0 Å². The molecule has 0 aliphatic rings. The first kappa shape index (κ1) is 15.9. The molecule has 0 saturated heterocycles. The van der Waals surface area contributed by atoms with Gasteiger partial charge in [-0.3, -0.25) is 0 Å². The minimum absolute atomic E-state index is 0.00122. The maximum atomic E-state index is 9.85. The van der Waals surface area contributed by atoms with Crippen LogP contribution in [0.4, 0.5) is 0 Å². The second-order valence-electron chi connectivity index (χ2n) is 4.07. The van der Waals surface area contributed by atoms with Crippen LogP contribution >= 0.6 is 0 Å². The molecule has 0 aliphatic heterocycles. The summed E-state index contributed by atoms with van der Waals surface area (Å²) in [6.07, 6.45) is 0. The van der Waals surface area contributed by atoms with Crippen LogP contribution in [0.5, 0.6) is 17.2 Å². The van der Waals surface area contributed by atoms with Crippen molar-refractivity contribution in [1.29, 1.82) is 0 Å². The Morgan fingerprint density at radius 2 is 1.60 bits per heavy atom. The first-order valence-electron chi connectivity index (χ1n) is 6.62. The summed E-state index contributed by atoms with van der Waals surface area (Å²) < 4.78 is 10.2. The third kappa shape index (κ3) is 4.22. The van der Waals surface area contributed by atoms with Gasteiger partial charge >= 0.3 is 0 Å². The van der Waals surface area contributed by atoms with E-state index in [1.165, 1.54) is 14.2 Å². The van der Waals surface area contributed by atoms with Gasteiger partial charge in [0, 0.05) is 13.1 Å². The molecule has 0 atom stereocenters. The zero-order chi connectivity index (χ0) is 15.0. The average Bonchev–Trinajstić information content (AvgIpc) is 2.46. The van der Waals surface area contributed by atoms with Crippen LogP contribution in [0.1, 0.15) is 19.4 Å². The lowest BCUT2D eigenvalue weighted by Crippen LogP contribution is -2.36. The molecule has 112 valence electrons. The fourth-order valence-electron chi connectivity index (χ4n) is 1.72. The molecular formula is C14H23N3O3. The Hall–Kier alpha value is -2.11. The number of ether oxygens (including phenoxy) is 2. The normalized spacial score (nSPS) is 9.80. The molecule has 1 aromatic carbocycles. The monoisotopic (exact) mass is 281 g/mol. The van der Waals surface area contributed by atoms with Gasteiger partial charge in [0.25, 0.3) is 0 Å². The zero-order valence-electron chi connectivity index (χ0n) is 12.5. The minimum atomic E-state index is 0.00122. The van der Waals surface area contributed by atoms with Crippen LogP contribution in [0.3, 0.4) is 0 Å². The first-order chi connectivity index (χ1) is 9.65. The molecule has 0 heterocycles. The number of nitrogens with zero attached hydrogens (tertiary/aromatic N) is 1. The van der Waals surface area contributed by atoms with E-state index in [4.69, 9.17) is 9.47 Å². The van der Waals surface area contributed by atoms with Crippen molar-refractivity contribution >= 4 is 5.96 Å². The molecular weight excluding hydrogens is 258 g/mol. The van der Waals surface area contributed by atoms with Crippen LogP contribution < -0.4 is 20.1 Å². The number of aromatic hydroxyl groups is 1. The smallest absolute Gasteiger partial charge is 0.200 e. The van der Waals surface area contributed by atoms with Crippen molar-refractivity contribution in [3.05, 3.63) is 17.7 Å². The highest BCUT2D eigenvalue weighted by molar-refractivity contribution is 5.79. The number of hydrogen-bond donors (Lipinski definition) is 3. The van der Waals surface area contributed by atoms with Gasteiger partial charge in [-0.15, -0.1) is 0 Å². The van der Waals surface area contributed by atoms with Gasteiger partial charge in [0.2, 0.25) is 5.75 Å². The van der Waals surface area contributed by atoms with E-state index in [0.717, 1.165) is 24.6 Å². The highest BCUT2D eigenvalue weighted by Crippen LogP contribution is 2.37. The van der Waals surface area contributed by atoms with E-state index in [1.54, 1.807) is 12.1 Å². The van der Waals surface area contributed by atoms with E-state index >= 15 is 0 Å². The number of benzene rings is 1. The lowest BCUT2D eigenvalue weighted by atomic mass is 10.2. The standard InChI is InChI=1S/C14H23N3O3/c1-5-15-14(16-6-2)17-9-10-7-11(19-3)13(18)12(8-10)20-4/h7-8,18H,5-6,9H2,1-4H3,(H2,15,16,17). The lowest BCUT2D eigenvalue weighted by Gasteiger charge is -2.12. The third-order valence-electron chi connectivity index (χ3n) is 2.65. The molecule has 20 heavy (non-hydrogen) atoms. The number of nitrogens with one attached hydrogen (secondary N) is 2. The van der Waals surface area contributed by atoms with E-state index in [9.17, 15) is 5.11 Å². The Labute approximate surface area is 119 Å². The topological polar surface area (TPSA) is 75.1 Å². The summed E-state index contributed by atoms with van der Waals surface area (Å²) in [5.74, 6) is 1.51. The number of methoxy groups -OCH3 is 2. The Morgan fingerprint density at radius 3 is 2.00 bits per heavy atom. The maximum absolute atomic E-state index is 9.85. The minimum Gasteiger partial charge on any atom is -0.502 e. The Kier molecular flexibility index (Phi) is 6.49. The van der Waals surface area contributed by atoms with E-state index in [2.05, 4.69) is 15.6 Å².